The van der Waals surface area contributed by atoms with E-state index in [1.54, 1.807) is 0 Å². The van der Waals surface area contributed by atoms with Gasteiger partial charge >= 0.3 is 0 Å². The summed E-state index contributed by atoms with van der Waals surface area (Å²) in [6.45, 7) is 0. The molecule has 4 aromatic heterocycles. The average Bonchev–Trinajstić information content (AvgIpc) is 3.96. The van der Waals surface area contributed by atoms with E-state index in [1.807, 2.05) is 78.1 Å². The molecular weight excluding hydrogens is 717 g/mol. The first-order valence-corrected chi connectivity index (χ1v) is 19.8. The molecule has 0 fully saturated rings. The van der Waals surface area contributed by atoms with Gasteiger partial charge in [-0.05, 0) is 53.6 Å². The van der Waals surface area contributed by atoms with Crippen LogP contribution in [0.25, 0.3) is 115 Å². The number of hydrogen-bond donors (Lipinski definition) is 0. The van der Waals surface area contributed by atoms with E-state index >= 15 is 0 Å². The van der Waals surface area contributed by atoms with Gasteiger partial charge in [0.15, 0.2) is 23.1 Å². The Kier molecular flexibility index (Phi) is 7.03. The maximum absolute atomic E-state index is 7.04. The number of rotatable bonds is 5. The highest BCUT2D eigenvalue weighted by molar-refractivity contribution is 7.25. The van der Waals surface area contributed by atoms with Crippen molar-refractivity contribution in [2.75, 3.05) is 0 Å². The third-order valence-electron chi connectivity index (χ3n) is 11.1. The SMILES string of the molecule is c1ccc(-c2nc(-c3ccccc3)nc(-c3cccc4oc5c(-n6c7ccccc7c7ccccc76)cc(-c6cccc7sc8ccccc8c67)cc5c34)n2)cc1. The van der Waals surface area contributed by atoms with E-state index in [-0.39, 0.29) is 0 Å². The van der Waals surface area contributed by atoms with Crippen molar-refractivity contribution in [3.63, 3.8) is 0 Å². The molecule has 4 heterocycles. The Morgan fingerprint density at radius 3 is 1.67 bits per heavy atom. The molecule has 0 spiro atoms. The average molecular weight is 747 g/mol. The van der Waals surface area contributed by atoms with Crippen LogP contribution in [0.2, 0.25) is 0 Å². The number of nitrogens with zero attached hydrogens (tertiary/aromatic N) is 4. The lowest BCUT2D eigenvalue weighted by molar-refractivity contribution is 0.666. The molecule has 6 heteroatoms. The molecule has 12 aromatic rings. The maximum atomic E-state index is 7.04. The zero-order chi connectivity index (χ0) is 37.5. The van der Waals surface area contributed by atoms with Crippen LogP contribution in [-0.4, -0.2) is 19.5 Å². The molecular formula is C51H30N4OS. The van der Waals surface area contributed by atoms with Gasteiger partial charge in [0.05, 0.1) is 16.7 Å². The summed E-state index contributed by atoms with van der Waals surface area (Å²) in [5.74, 6) is 1.82. The van der Waals surface area contributed by atoms with Crippen molar-refractivity contribution in [3.8, 4) is 51.0 Å². The highest BCUT2D eigenvalue weighted by Gasteiger charge is 2.23. The normalized spacial score (nSPS) is 11.9. The summed E-state index contributed by atoms with van der Waals surface area (Å²) in [4.78, 5) is 15.3. The second kappa shape index (κ2) is 12.6. The number of para-hydroxylation sites is 2. The monoisotopic (exact) mass is 746 g/mol. The Bertz CT molecular complexity index is 3420. The van der Waals surface area contributed by atoms with Gasteiger partial charge in [0.25, 0.3) is 0 Å². The molecule has 0 N–H and O–H groups in total. The predicted molar refractivity (Wildman–Crippen MR) is 236 cm³/mol. The summed E-state index contributed by atoms with van der Waals surface area (Å²) in [7, 11) is 0. The molecule has 0 aliphatic heterocycles. The Morgan fingerprint density at radius 1 is 0.404 bits per heavy atom. The summed E-state index contributed by atoms with van der Waals surface area (Å²) in [6.07, 6.45) is 0. The van der Waals surface area contributed by atoms with Crippen LogP contribution in [0, 0.1) is 0 Å². The summed E-state index contributed by atoms with van der Waals surface area (Å²) in [5, 5.41) is 6.87. The second-order valence-corrected chi connectivity index (χ2v) is 15.4. The minimum Gasteiger partial charge on any atom is -0.454 e. The fraction of sp³-hybridized carbons (Fsp3) is 0. The minimum atomic E-state index is 0.589. The smallest absolute Gasteiger partial charge is 0.164 e. The first-order chi connectivity index (χ1) is 28.3. The van der Waals surface area contributed by atoms with Gasteiger partial charge in [-0.3, -0.25) is 0 Å². The summed E-state index contributed by atoms with van der Waals surface area (Å²) in [5.41, 5.74) is 9.81. The number of benzene rings is 8. The van der Waals surface area contributed by atoms with Crippen molar-refractivity contribution in [2.45, 2.75) is 0 Å². The molecule has 266 valence electrons. The van der Waals surface area contributed by atoms with Crippen LogP contribution in [0.5, 0.6) is 0 Å². The van der Waals surface area contributed by atoms with Gasteiger partial charge in [-0.25, -0.2) is 15.0 Å². The molecule has 0 aliphatic carbocycles. The van der Waals surface area contributed by atoms with Crippen LogP contribution in [0.1, 0.15) is 0 Å². The van der Waals surface area contributed by atoms with Crippen LogP contribution in [0.3, 0.4) is 0 Å². The first kappa shape index (κ1) is 31.9. The van der Waals surface area contributed by atoms with Crippen molar-refractivity contribution < 1.29 is 4.42 Å². The molecule has 0 amide bonds. The largest absolute Gasteiger partial charge is 0.454 e. The molecule has 0 bridgehead atoms. The predicted octanol–water partition coefficient (Wildman–Crippen LogP) is 13.9. The Balaban J connectivity index is 1.21. The van der Waals surface area contributed by atoms with Gasteiger partial charge in [0.1, 0.15) is 5.58 Å². The Labute approximate surface area is 330 Å². The van der Waals surface area contributed by atoms with E-state index < -0.39 is 0 Å². The molecule has 12 rings (SSSR count). The van der Waals surface area contributed by atoms with Crippen LogP contribution in [-0.2, 0) is 0 Å². The molecule has 8 aromatic carbocycles. The Hall–Kier alpha value is -7.41. The van der Waals surface area contributed by atoms with E-state index in [4.69, 9.17) is 19.4 Å². The van der Waals surface area contributed by atoms with E-state index in [9.17, 15) is 0 Å². The summed E-state index contributed by atoms with van der Waals surface area (Å²) < 4.78 is 11.9. The van der Waals surface area contributed by atoms with Crippen LogP contribution in [0.4, 0.5) is 0 Å². The highest BCUT2D eigenvalue weighted by atomic mass is 32.1. The number of fused-ring (bicyclic) bond motifs is 9. The van der Waals surface area contributed by atoms with Gasteiger partial charge in [0, 0.05) is 58.4 Å². The third-order valence-corrected chi connectivity index (χ3v) is 12.2. The number of hydrogen-bond acceptors (Lipinski definition) is 5. The molecule has 5 nitrogen and oxygen atoms in total. The molecule has 0 aliphatic rings. The molecule has 0 atom stereocenters. The first-order valence-electron chi connectivity index (χ1n) is 19.0. The fourth-order valence-corrected chi connectivity index (χ4v) is 9.68. The van der Waals surface area contributed by atoms with Crippen molar-refractivity contribution in [2.24, 2.45) is 0 Å². The van der Waals surface area contributed by atoms with Gasteiger partial charge < -0.3 is 8.98 Å². The van der Waals surface area contributed by atoms with Gasteiger partial charge in [0.2, 0.25) is 0 Å². The molecule has 57 heavy (non-hydrogen) atoms. The highest BCUT2D eigenvalue weighted by Crippen LogP contribution is 2.46. The molecule has 0 saturated carbocycles. The van der Waals surface area contributed by atoms with Gasteiger partial charge in [-0.1, -0.05) is 140 Å². The third kappa shape index (κ3) is 4.98. The number of aromatic nitrogens is 4. The van der Waals surface area contributed by atoms with Crippen molar-refractivity contribution in [1.29, 1.82) is 0 Å². The van der Waals surface area contributed by atoms with E-state index in [0.717, 1.165) is 60.9 Å². The second-order valence-electron chi connectivity index (χ2n) is 14.3. The number of furan rings is 1. The summed E-state index contributed by atoms with van der Waals surface area (Å²) >= 11 is 1.84. The maximum Gasteiger partial charge on any atom is 0.164 e. The van der Waals surface area contributed by atoms with Crippen LogP contribution >= 0.6 is 11.3 Å². The Morgan fingerprint density at radius 2 is 0.965 bits per heavy atom. The molecule has 0 unspecified atom stereocenters. The zero-order valence-corrected chi connectivity index (χ0v) is 31.2. The lowest BCUT2D eigenvalue weighted by Crippen LogP contribution is -2.00. The number of thiophene rings is 1. The van der Waals surface area contributed by atoms with E-state index in [1.165, 1.54) is 36.5 Å². The van der Waals surface area contributed by atoms with Gasteiger partial charge in [-0.2, -0.15) is 0 Å². The van der Waals surface area contributed by atoms with Crippen LogP contribution in [0.15, 0.2) is 186 Å². The van der Waals surface area contributed by atoms with Crippen LogP contribution < -0.4 is 0 Å². The lowest BCUT2D eigenvalue weighted by atomic mass is 9.96. The quantitative estimate of drug-likeness (QED) is 0.176. The lowest BCUT2D eigenvalue weighted by Gasteiger charge is -2.13. The fourth-order valence-electron chi connectivity index (χ4n) is 8.54. The standard InChI is InChI=1S/C51H30N4OS/c1-3-15-31(16-4-1)49-52-50(32-17-5-2-6-18-32)54-51(53-49)38-23-13-26-43-46(38)39-29-33(34-22-14-28-45-47(34)37-21-9-12-27-44(37)57-45)30-42(48(39)56-43)55-40-24-10-7-19-35(40)36-20-8-11-25-41(36)55/h1-30H. The van der Waals surface area contributed by atoms with Crippen molar-refractivity contribution in [1.82, 2.24) is 19.5 Å². The zero-order valence-electron chi connectivity index (χ0n) is 30.4. The molecule has 0 radical (unpaired) electrons. The van der Waals surface area contributed by atoms with Crippen molar-refractivity contribution in [3.05, 3.63) is 182 Å². The van der Waals surface area contributed by atoms with E-state index in [0.29, 0.717) is 17.5 Å². The minimum absolute atomic E-state index is 0.589. The molecule has 0 saturated heterocycles. The van der Waals surface area contributed by atoms with E-state index in [2.05, 4.69) is 120 Å². The topological polar surface area (TPSA) is 56.7 Å². The van der Waals surface area contributed by atoms with Crippen molar-refractivity contribution >= 4 is 75.3 Å². The summed E-state index contributed by atoms with van der Waals surface area (Å²) in [6, 6.07) is 63.7. The van der Waals surface area contributed by atoms with Gasteiger partial charge in [-0.15, -0.1) is 11.3 Å².